The Morgan fingerprint density at radius 2 is 1.81 bits per heavy atom. The summed E-state index contributed by atoms with van der Waals surface area (Å²) in [7, 11) is -3.11. The minimum absolute atomic E-state index is 0. The Bertz CT molecular complexity index is 597. The fraction of sp³-hybridized carbons (Fsp3) is 0.588. The molecule has 3 N–H and O–H groups in total. The summed E-state index contributed by atoms with van der Waals surface area (Å²) in [6.45, 7) is 6.75. The second-order valence-corrected chi connectivity index (χ2v) is 7.45. The number of nitrogens with one attached hydrogen (secondary N) is 3. The molecular weight excluding hydrogens is 467 g/mol. The minimum atomic E-state index is -3.11. The van der Waals surface area contributed by atoms with Crippen LogP contribution >= 0.6 is 24.0 Å². The summed E-state index contributed by atoms with van der Waals surface area (Å²) in [5.74, 6) is 1.71. The number of hydrogen-bond acceptors (Lipinski definition) is 4. The van der Waals surface area contributed by atoms with Crippen molar-refractivity contribution in [2.75, 3.05) is 38.5 Å². The Morgan fingerprint density at radius 3 is 2.46 bits per heavy atom. The lowest BCUT2D eigenvalue weighted by atomic mass is 10.3. The van der Waals surface area contributed by atoms with Gasteiger partial charge in [0.25, 0.3) is 0 Å². The maximum Gasteiger partial charge on any atom is 0.211 e. The molecule has 9 heteroatoms. The first-order valence-corrected chi connectivity index (χ1v) is 10.4. The first-order chi connectivity index (χ1) is 12.1. The number of para-hydroxylation sites is 1. The van der Waals surface area contributed by atoms with Gasteiger partial charge in [-0.25, -0.2) is 13.1 Å². The van der Waals surface area contributed by atoms with Gasteiger partial charge >= 0.3 is 0 Å². The van der Waals surface area contributed by atoms with Crippen LogP contribution in [0.1, 0.15) is 26.7 Å². The molecule has 0 atom stereocenters. The maximum absolute atomic E-state index is 11.3. The summed E-state index contributed by atoms with van der Waals surface area (Å²) in [6.07, 6.45) is 1.52. The zero-order valence-electron chi connectivity index (χ0n) is 15.5. The van der Waals surface area contributed by atoms with E-state index in [1.807, 2.05) is 37.3 Å². The van der Waals surface area contributed by atoms with Crippen molar-refractivity contribution in [2.24, 2.45) is 4.99 Å². The zero-order valence-corrected chi connectivity index (χ0v) is 18.7. The molecule has 7 nitrogen and oxygen atoms in total. The molecule has 0 spiro atoms. The third-order valence-corrected chi connectivity index (χ3v) is 4.68. The first-order valence-electron chi connectivity index (χ1n) is 8.74. The van der Waals surface area contributed by atoms with Crippen LogP contribution in [0.5, 0.6) is 5.75 Å². The Balaban J connectivity index is 0.00000625. The third-order valence-electron chi connectivity index (χ3n) is 3.28. The predicted molar refractivity (Wildman–Crippen MR) is 118 cm³/mol. The number of rotatable bonds is 12. The van der Waals surface area contributed by atoms with E-state index in [0.717, 1.165) is 24.7 Å². The molecule has 0 fully saturated rings. The van der Waals surface area contributed by atoms with Gasteiger partial charge in [0.05, 0.1) is 12.4 Å². The Hall–Kier alpha value is -1.07. The molecule has 0 bridgehead atoms. The van der Waals surface area contributed by atoms with Crippen molar-refractivity contribution < 1.29 is 13.2 Å². The van der Waals surface area contributed by atoms with Crippen molar-refractivity contribution in [3.8, 4) is 5.75 Å². The lowest BCUT2D eigenvalue weighted by Gasteiger charge is -2.11. The fourth-order valence-electron chi connectivity index (χ4n) is 1.93. The number of nitrogens with zero attached hydrogens (tertiary/aromatic N) is 1. The second kappa shape index (κ2) is 15.0. The highest BCUT2D eigenvalue weighted by atomic mass is 127. The normalized spacial score (nSPS) is 11.5. The van der Waals surface area contributed by atoms with Gasteiger partial charge < -0.3 is 15.4 Å². The van der Waals surface area contributed by atoms with E-state index in [4.69, 9.17) is 4.74 Å². The fourth-order valence-corrected chi connectivity index (χ4v) is 2.59. The predicted octanol–water partition coefficient (Wildman–Crippen LogP) is 1.96. The van der Waals surface area contributed by atoms with Crippen LogP contribution in [0, 0.1) is 0 Å². The molecule has 150 valence electrons. The molecule has 0 aliphatic heterocycles. The summed E-state index contributed by atoms with van der Waals surface area (Å²) in [4.78, 5) is 4.48. The van der Waals surface area contributed by atoms with Crippen LogP contribution in [0.15, 0.2) is 35.3 Å². The van der Waals surface area contributed by atoms with E-state index >= 15 is 0 Å². The van der Waals surface area contributed by atoms with E-state index in [1.54, 1.807) is 6.92 Å². The van der Waals surface area contributed by atoms with E-state index in [1.165, 1.54) is 0 Å². The topological polar surface area (TPSA) is 91.8 Å². The van der Waals surface area contributed by atoms with Gasteiger partial charge in [-0.1, -0.05) is 18.2 Å². The molecule has 0 radical (unpaired) electrons. The number of aliphatic imine (C=N–C) groups is 1. The quantitative estimate of drug-likeness (QED) is 0.177. The van der Waals surface area contributed by atoms with Crippen LogP contribution in [0.25, 0.3) is 0 Å². The van der Waals surface area contributed by atoms with Gasteiger partial charge in [0.15, 0.2) is 5.96 Å². The lowest BCUT2D eigenvalue weighted by Crippen LogP contribution is -2.39. The van der Waals surface area contributed by atoms with Crippen molar-refractivity contribution >= 4 is 40.0 Å². The van der Waals surface area contributed by atoms with Crippen molar-refractivity contribution in [3.05, 3.63) is 30.3 Å². The van der Waals surface area contributed by atoms with Crippen molar-refractivity contribution in [3.63, 3.8) is 0 Å². The summed E-state index contributed by atoms with van der Waals surface area (Å²) < 4.78 is 30.8. The summed E-state index contributed by atoms with van der Waals surface area (Å²) >= 11 is 0. The Morgan fingerprint density at radius 1 is 1.08 bits per heavy atom. The number of halogens is 1. The standard InChI is InChI=1S/C17H30N4O3S.HI/c1-3-18-17(19-12-8-14-21-25(22,23)4-2)20-13-9-15-24-16-10-6-5-7-11-16;/h5-7,10-11,21H,3-4,8-9,12-15H2,1-2H3,(H2,18,19,20);1H. The molecule has 0 unspecified atom stereocenters. The average Bonchev–Trinajstić information content (AvgIpc) is 2.62. The van der Waals surface area contributed by atoms with E-state index in [-0.39, 0.29) is 29.7 Å². The lowest BCUT2D eigenvalue weighted by molar-refractivity contribution is 0.313. The van der Waals surface area contributed by atoms with Crippen molar-refractivity contribution in [1.82, 2.24) is 15.4 Å². The van der Waals surface area contributed by atoms with E-state index in [2.05, 4.69) is 20.3 Å². The molecule has 1 aromatic rings. The van der Waals surface area contributed by atoms with Crippen LogP contribution in [-0.4, -0.2) is 52.9 Å². The van der Waals surface area contributed by atoms with Crippen molar-refractivity contribution in [1.29, 1.82) is 0 Å². The SMILES string of the molecule is CCNC(=NCCCOc1ccccc1)NCCCNS(=O)(=O)CC.I. The largest absolute Gasteiger partial charge is 0.494 e. The molecule has 0 aromatic heterocycles. The molecule has 0 saturated heterocycles. The van der Waals surface area contributed by atoms with Crippen LogP contribution in [-0.2, 0) is 10.0 Å². The van der Waals surface area contributed by atoms with Crippen LogP contribution in [0.2, 0.25) is 0 Å². The average molecular weight is 498 g/mol. The van der Waals surface area contributed by atoms with Gasteiger partial charge in [0.1, 0.15) is 5.75 Å². The van der Waals surface area contributed by atoms with E-state index in [9.17, 15) is 8.42 Å². The maximum atomic E-state index is 11.3. The molecule has 0 amide bonds. The number of guanidine groups is 1. The van der Waals surface area contributed by atoms with Gasteiger partial charge in [-0.15, -0.1) is 24.0 Å². The second-order valence-electron chi connectivity index (χ2n) is 5.35. The monoisotopic (exact) mass is 498 g/mol. The van der Waals surface area contributed by atoms with Crippen LogP contribution in [0.4, 0.5) is 0 Å². The van der Waals surface area contributed by atoms with Gasteiger partial charge in [-0.05, 0) is 32.4 Å². The molecule has 26 heavy (non-hydrogen) atoms. The Kier molecular flexibility index (Phi) is 14.4. The highest BCUT2D eigenvalue weighted by Crippen LogP contribution is 2.08. The van der Waals surface area contributed by atoms with Gasteiger partial charge in [-0.3, -0.25) is 4.99 Å². The summed E-state index contributed by atoms with van der Waals surface area (Å²) in [5, 5.41) is 6.37. The van der Waals surface area contributed by atoms with Gasteiger partial charge in [0.2, 0.25) is 10.0 Å². The van der Waals surface area contributed by atoms with Crippen LogP contribution in [0.3, 0.4) is 0 Å². The molecule has 0 heterocycles. The molecule has 1 aromatic carbocycles. The van der Waals surface area contributed by atoms with Gasteiger partial charge in [0, 0.05) is 32.6 Å². The number of hydrogen-bond donors (Lipinski definition) is 3. The molecule has 0 aliphatic carbocycles. The van der Waals surface area contributed by atoms with Gasteiger partial charge in [-0.2, -0.15) is 0 Å². The number of benzene rings is 1. The van der Waals surface area contributed by atoms with E-state index < -0.39 is 10.0 Å². The number of sulfonamides is 1. The Labute approximate surface area is 174 Å². The summed E-state index contributed by atoms with van der Waals surface area (Å²) in [6, 6.07) is 9.71. The minimum Gasteiger partial charge on any atom is -0.494 e. The third kappa shape index (κ3) is 12.3. The molecule has 0 aliphatic rings. The summed E-state index contributed by atoms with van der Waals surface area (Å²) in [5.41, 5.74) is 0. The highest BCUT2D eigenvalue weighted by molar-refractivity contribution is 14.0. The number of ether oxygens (including phenoxy) is 1. The van der Waals surface area contributed by atoms with Crippen molar-refractivity contribution in [2.45, 2.75) is 26.7 Å². The molecule has 1 rings (SSSR count). The highest BCUT2D eigenvalue weighted by Gasteiger charge is 2.04. The van der Waals surface area contributed by atoms with E-state index in [0.29, 0.717) is 32.7 Å². The smallest absolute Gasteiger partial charge is 0.211 e. The first kappa shape index (κ1) is 24.9. The zero-order chi connectivity index (χ0) is 18.4. The molecular formula is C17H31IN4O3S. The molecule has 0 saturated carbocycles. The van der Waals surface area contributed by atoms with Crippen LogP contribution < -0.4 is 20.1 Å².